The molecule has 6 heteroatoms. The van der Waals surface area contributed by atoms with Crippen LogP contribution in [0.25, 0.3) is 0 Å². The summed E-state index contributed by atoms with van der Waals surface area (Å²) in [5, 5.41) is 3.04. The summed E-state index contributed by atoms with van der Waals surface area (Å²) in [6.45, 7) is 3.28. The quantitative estimate of drug-likeness (QED) is 0.544. The minimum Gasteiger partial charge on any atom is -0.496 e. The Hall–Kier alpha value is -3.37. The third-order valence-electron chi connectivity index (χ3n) is 5.67. The molecule has 0 saturated carbocycles. The van der Waals surface area contributed by atoms with Gasteiger partial charge >= 0.3 is 0 Å². The van der Waals surface area contributed by atoms with Crippen LogP contribution in [0.15, 0.2) is 66.5 Å². The van der Waals surface area contributed by atoms with Gasteiger partial charge in [0.25, 0.3) is 5.91 Å². The highest BCUT2D eigenvalue weighted by atomic mass is 19.1. The molecule has 0 radical (unpaired) electrons. The summed E-state index contributed by atoms with van der Waals surface area (Å²) in [5.74, 6) is -0.0574. The standard InChI is InChI=1S/C25H27FN2O3/c1-19(29)7-6-14-28-15-12-25(13-16-28,20-8-5-9-21(26)17-20)18-27-24(30)22-10-3-4-11-23(22)31-2/h3-5,7-11,14,17H,12-13,15-16,18H2,1-2H3,(H,27,30). The summed E-state index contributed by atoms with van der Waals surface area (Å²) < 4.78 is 19.3. The van der Waals surface area contributed by atoms with Crippen LogP contribution in [-0.4, -0.2) is 43.3 Å². The molecule has 3 rings (SSSR count). The molecule has 162 valence electrons. The van der Waals surface area contributed by atoms with E-state index in [0.717, 1.165) is 18.4 Å². The lowest BCUT2D eigenvalue weighted by molar-refractivity contribution is -0.112. The number of allylic oxidation sites excluding steroid dienone is 1. The van der Waals surface area contributed by atoms with Crippen molar-refractivity contribution in [1.82, 2.24) is 10.2 Å². The molecule has 0 aliphatic carbocycles. The number of likely N-dealkylation sites (tertiary alicyclic amines) is 1. The van der Waals surface area contributed by atoms with Crippen molar-refractivity contribution in [3.8, 4) is 5.75 Å². The molecule has 1 aliphatic heterocycles. The molecular formula is C25H27FN2O3. The number of benzene rings is 2. The van der Waals surface area contributed by atoms with Crippen molar-refractivity contribution in [3.63, 3.8) is 0 Å². The number of para-hydroxylation sites is 1. The van der Waals surface area contributed by atoms with Gasteiger partial charge in [0, 0.05) is 37.3 Å². The van der Waals surface area contributed by atoms with Crippen LogP contribution in [0, 0.1) is 5.82 Å². The average Bonchev–Trinajstić information content (AvgIpc) is 2.78. The van der Waals surface area contributed by atoms with E-state index in [4.69, 9.17) is 4.74 Å². The van der Waals surface area contributed by atoms with Gasteiger partial charge in [-0.05, 0) is 49.6 Å². The Balaban J connectivity index is 1.79. The van der Waals surface area contributed by atoms with Crippen LogP contribution < -0.4 is 10.1 Å². The van der Waals surface area contributed by atoms with Gasteiger partial charge < -0.3 is 15.0 Å². The van der Waals surface area contributed by atoms with E-state index in [1.54, 1.807) is 36.5 Å². The molecule has 0 bridgehead atoms. The number of amides is 1. The molecular weight excluding hydrogens is 395 g/mol. The second-order valence-electron chi connectivity index (χ2n) is 7.76. The second kappa shape index (κ2) is 10.1. The summed E-state index contributed by atoms with van der Waals surface area (Å²) >= 11 is 0. The van der Waals surface area contributed by atoms with Gasteiger partial charge in [0.05, 0.1) is 12.7 Å². The number of halogens is 1. The SMILES string of the molecule is COc1ccccc1C(=O)NCC1(c2cccc(F)c2)CCN(C=C=CC(C)=O)CC1. The van der Waals surface area contributed by atoms with E-state index in [1.165, 1.54) is 26.2 Å². The number of carbonyl (C=O) groups excluding carboxylic acids is 2. The number of hydrogen-bond donors (Lipinski definition) is 1. The number of rotatable bonds is 7. The zero-order valence-electron chi connectivity index (χ0n) is 17.9. The molecule has 0 spiro atoms. The van der Waals surface area contributed by atoms with Crippen molar-refractivity contribution in [1.29, 1.82) is 0 Å². The zero-order valence-corrected chi connectivity index (χ0v) is 17.9. The predicted molar refractivity (Wildman–Crippen MR) is 118 cm³/mol. The maximum absolute atomic E-state index is 14.0. The summed E-state index contributed by atoms with van der Waals surface area (Å²) in [4.78, 5) is 26.0. The third-order valence-corrected chi connectivity index (χ3v) is 5.67. The molecule has 2 aromatic rings. The number of nitrogens with one attached hydrogen (secondary N) is 1. The summed E-state index contributed by atoms with van der Waals surface area (Å²) in [6.07, 6.45) is 4.63. The fraction of sp³-hybridized carbons (Fsp3) is 0.320. The first kappa shape index (κ1) is 22.3. The van der Waals surface area contributed by atoms with Crippen molar-refractivity contribution in [2.45, 2.75) is 25.2 Å². The minimum absolute atomic E-state index is 0.0542. The molecule has 5 nitrogen and oxygen atoms in total. The Kier molecular flexibility index (Phi) is 7.27. The first-order valence-electron chi connectivity index (χ1n) is 10.3. The van der Waals surface area contributed by atoms with Crippen molar-refractivity contribution < 1.29 is 18.7 Å². The van der Waals surface area contributed by atoms with Gasteiger partial charge in [-0.15, -0.1) is 0 Å². The third kappa shape index (κ3) is 5.62. The Bertz CT molecular complexity index is 1000. The number of piperidine rings is 1. The highest BCUT2D eigenvalue weighted by Gasteiger charge is 2.36. The Morgan fingerprint density at radius 1 is 1.19 bits per heavy atom. The van der Waals surface area contributed by atoms with Crippen LogP contribution >= 0.6 is 0 Å². The summed E-state index contributed by atoms with van der Waals surface area (Å²) in [7, 11) is 1.53. The lowest BCUT2D eigenvalue weighted by atomic mass is 9.72. The number of methoxy groups -OCH3 is 1. The van der Waals surface area contributed by atoms with Gasteiger partial charge in [-0.1, -0.05) is 30.0 Å². The van der Waals surface area contributed by atoms with Gasteiger partial charge in [-0.2, -0.15) is 0 Å². The lowest BCUT2D eigenvalue weighted by Crippen LogP contribution is -2.48. The van der Waals surface area contributed by atoms with Gasteiger partial charge in [-0.25, -0.2) is 4.39 Å². The van der Waals surface area contributed by atoms with Crippen LogP contribution in [-0.2, 0) is 10.2 Å². The average molecular weight is 423 g/mol. The van der Waals surface area contributed by atoms with Gasteiger partial charge in [-0.3, -0.25) is 9.59 Å². The highest BCUT2D eigenvalue weighted by Crippen LogP contribution is 2.35. The number of ether oxygens (including phenoxy) is 1. The number of nitrogens with zero attached hydrogens (tertiary/aromatic N) is 1. The summed E-state index contributed by atoms with van der Waals surface area (Å²) in [5.41, 5.74) is 3.84. The van der Waals surface area contributed by atoms with Crippen molar-refractivity contribution in [2.75, 3.05) is 26.7 Å². The molecule has 0 unspecified atom stereocenters. The first-order valence-corrected chi connectivity index (χ1v) is 10.3. The van der Waals surface area contributed by atoms with Gasteiger partial charge in [0.2, 0.25) is 0 Å². The topological polar surface area (TPSA) is 58.6 Å². The van der Waals surface area contributed by atoms with Crippen molar-refractivity contribution in [2.24, 2.45) is 0 Å². The molecule has 1 N–H and O–H groups in total. The smallest absolute Gasteiger partial charge is 0.255 e. The van der Waals surface area contributed by atoms with Crippen LogP contribution in [0.3, 0.4) is 0 Å². The Labute approximate surface area is 182 Å². The normalized spacial score (nSPS) is 14.9. The van der Waals surface area contributed by atoms with Crippen molar-refractivity contribution in [3.05, 3.63) is 83.5 Å². The van der Waals surface area contributed by atoms with Crippen LogP contribution in [0.4, 0.5) is 4.39 Å². The molecule has 1 amide bonds. The van der Waals surface area contributed by atoms with E-state index >= 15 is 0 Å². The maximum Gasteiger partial charge on any atom is 0.255 e. The van der Waals surface area contributed by atoms with E-state index in [2.05, 4.69) is 15.9 Å². The first-order chi connectivity index (χ1) is 14.9. The predicted octanol–water partition coefficient (Wildman–Crippen LogP) is 3.86. The van der Waals surface area contributed by atoms with E-state index in [0.29, 0.717) is 30.9 Å². The lowest BCUT2D eigenvalue weighted by Gasteiger charge is -2.42. The fourth-order valence-corrected chi connectivity index (χ4v) is 3.90. The molecule has 0 aromatic heterocycles. The monoisotopic (exact) mass is 422 g/mol. The molecule has 1 saturated heterocycles. The van der Waals surface area contributed by atoms with Gasteiger partial charge in [0.15, 0.2) is 5.78 Å². The van der Waals surface area contributed by atoms with E-state index < -0.39 is 5.41 Å². The number of hydrogen-bond acceptors (Lipinski definition) is 4. The Morgan fingerprint density at radius 2 is 1.94 bits per heavy atom. The van der Waals surface area contributed by atoms with Crippen LogP contribution in [0.5, 0.6) is 5.75 Å². The molecule has 0 atom stereocenters. The van der Waals surface area contributed by atoms with Crippen molar-refractivity contribution >= 4 is 11.7 Å². The van der Waals surface area contributed by atoms with E-state index in [9.17, 15) is 14.0 Å². The largest absolute Gasteiger partial charge is 0.496 e. The number of carbonyl (C=O) groups is 2. The van der Waals surface area contributed by atoms with Crippen LogP contribution in [0.1, 0.15) is 35.7 Å². The highest BCUT2D eigenvalue weighted by molar-refractivity contribution is 5.97. The summed E-state index contributed by atoms with van der Waals surface area (Å²) in [6, 6.07) is 13.7. The minimum atomic E-state index is -0.394. The van der Waals surface area contributed by atoms with E-state index in [1.807, 2.05) is 12.1 Å². The molecule has 2 aromatic carbocycles. The zero-order chi connectivity index (χ0) is 22.3. The Morgan fingerprint density at radius 3 is 2.61 bits per heavy atom. The van der Waals surface area contributed by atoms with Gasteiger partial charge in [0.1, 0.15) is 11.6 Å². The molecule has 1 aliphatic rings. The fourth-order valence-electron chi connectivity index (χ4n) is 3.90. The molecule has 1 heterocycles. The second-order valence-corrected chi connectivity index (χ2v) is 7.76. The van der Waals surface area contributed by atoms with Crippen LogP contribution in [0.2, 0.25) is 0 Å². The molecule has 1 fully saturated rings. The van der Waals surface area contributed by atoms with E-state index in [-0.39, 0.29) is 17.5 Å². The maximum atomic E-state index is 14.0. The molecule has 31 heavy (non-hydrogen) atoms. The number of ketones is 1.